The molecule has 0 aromatic heterocycles. The number of aryl methyl sites for hydroxylation is 1. The Kier molecular flexibility index (Phi) is 6.76. The second kappa shape index (κ2) is 8.85. The minimum atomic E-state index is -3.58. The molecule has 0 heterocycles. The Hall–Kier alpha value is -2.91. The van der Waals surface area contributed by atoms with Crippen LogP contribution in [0.15, 0.2) is 47.4 Å². The summed E-state index contributed by atoms with van der Waals surface area (Å²) in [4.78, 5) is 23.9. The summed E-state index contributed by atoms with van der Waals surface area (Å²) in [6.07, 6.45) is 0. The number of carbonyl (C=O) groups is 2. The van der Waals surface area contributed by atoms with Gasteiger partial charge in [-0.3, -0.25) is 4.79 Å². The van der Waals surface area contributed by atoms with E-state index in [9.17, 15) is 18.0 Å². The van der Waals surface area contributed by atoms with E-state index >= 15 is 0 Å². The Labute approximate surface area is 164 Å². The Morgan fingerprint density at radius 2 is 1.79 bits per heavy atom. The summed E-state index contributed by atoms with van der Waals surface area (Å²) >= 11 is 0. The van der Waals surface area contributed by atoms with Crippen LogP contribution in [0.5, 0.6) is 0 Å². The molecule has 0 aliphatic carbocycles. The first-order chi connectivity index (χ1) is 13.1. The van der Waals surface area contributed by atoms with Gasteiger partial charge in [-0.05, 0) is 42.8 Å². The molecule has 0 atom stereocenters. The molecule has 0 aliphatic rings. The fraction of sp³-hybridized carbons (Fsp3) is 0.263. The first kappa shape index (κ1) is 21.4. The number of amides is 1. The number of esters is 1. The normalized spacial score (nSPS) is 11.2. The predicted molar refractivity (Wildman–Crippen MR) is 107 cm³/mol. The monoisotopic (exact) mass is 405 g/mol. The van der Waals surface area contributed by atoms with E-state index in [1.165, 1.54) is 33.3 Å². The van der Waals surface area contributed by atoms with Crippen molar-refractivity contribution in [1.82, 2.24) is 4.31 Å². The number of carbonyl (C=O) groups excluding carboxylic acids is 2. The molecule has 2 aromatic rings. The van der Waals surface area contributed by atoms with Gasteiger partial charge >= 0.3 is 5.97 Å². The van der Waals surface area contributed by atoms with E-state index in [1.807, 2.05) is 0 Å². The van der Waals surface area contributed by atoms with E-state index in [0.29, 0.717) is 22.5 Å². The molecule has 0 aliphatic heterocycles. The van der Waals surface area contributed by atoms with Gasteiger partial charge in [0.1, 0.15) is 0 Å². The van der Waals surface area contributed by atoms with E-state index < -0.39 is 16.0 Å². The smallest absolute Gasteiger partial charge is 0.337 e. The van der Waals surface area contributed by atoms with Crippen LogP contribution in [0, 0.1) is 6.92 Å². The minimum absolute atomic E-state index is 0.0764. The zero-order valence-corrected chi connectivity index (χ0v) is 17.0. The SMILES string of the molecule is COC(=O)c1cccc(NC(=O)CNc2ccc(C)c(S(=O)(=O)N(C)C)c2)c1. The molecule has 8 nitrogen and oxygen atoms in total. The molecule has 9 heteroatoms. The predicted octanol–water partition coefficient (Wildman–Crippen LogP) is 2.08. The van der Waals surface area contributed by atoms with Crippen LogP contribution in [-0.2, 0) is 19.6 Å². The fourth-order valence-electron chi connectivity index (χ4n) is 2.41. The van der Waals surface area contributed by atoms with Gasteiger partial charge in [-0.1, -0.05) is 12.1 Å². The molecule has 0 fully saturated rings. The highest BCUT2D eigenvalue weighted by Gasteiger charge is 2.20. The van der Waals surface area contributed by atoms with Crippen LogP contribution in [0.4, 0.5) is 11.4 Å². The van der Waals surface area contributed by atoms with Crippen molar-refractivity contribution >= 4 is 33.3 Å². The van der Waals surface area contributed by atoms with E-state index in [2.05, 4.69) is 15.4 Å². The minimum Gasteiger partial charge on any atom is -0.465 e. The third kappa shape index (κ3) is 5.08. The average Bonchev–Trinajstić information content (AvgIpc) is 2.66. The molecule has 2 aromatic carbocycles. The second-order valence-electron chi connectivity index (χ2n) is 6.24. The molecule has 2 N–H and O–H groups in total. The van der Waals surface area contributed by atoms with E-state index in [4.69, 9.17) is 0 Å². The number of hydrogen-bond acceptors (Lipinski definition) is 6. The lowest BCUT2D eigenvalue weighted by molar-refractivity contribution is -0.114. The number of nitrogens with zero attached hydrogens (tertiary/aromatic N) is 1. The first-order valence-corrected chi connectivity index (χ1v) is 9.84. The molecule has 0 saturated carbocycles. The van der Waals surface area contributed by atoms with Crippen molar-refractivity contribution < 1.29 is 22.7 Å². The summed E-state index contributed by atoms with van der Waals surface area (Å²) in [7, 11) is 0.624. The van der Waals surface area contributed by atoms with Crippen LogP contribution in [0.25, 0.3) is 0 Å². The lowest BCUT2D eigenvalue weighted by Gasteiger charge is -2.15. The number of nitrogens with one attached hydrogen (secondary N) is 2. The van der Waals surface area contributed by atoms with Gasteiger partial charge in [0, 0.05) is 25.5 Å². The zero-order valence-electron chi connectivity index (χ0n) is 16.1. The molecule has 0 spiro atoms. The van der Waals surface area contributed by atoms with Crippen LogP contribution in [0.3, 0.4) is 0 Å². The van der Waals surface area contributed by atoms with Crippen LogP contribution in [0.2, 0.25) is 0 Å². The highest BCUT2D eigenvalue weighted by atomic mass is 32.2. The fourth-order valence-corrected chi connectivity index (χ4v) is 3.56. The maximum absolute atomic E-state index is 12.4. The van der Waals surface area contributed by atoms with Crippen LogP contribution in [-0.4, -0.2) is 52.3 Å². The Balaban J connectivity index is 2.07. The summed E-state index contributed by atoms with van der Waals surface area (Å²) < 4.78 is 30.5. The lowest BCUT2D eigenvalue weighted by atomic mass is 10.2. The number of rotatable bonds is 7. The Bertz CT molecular complexity index is 987. The van der Waals surface area contributed by atoms with Crippen LogP contribution < -0.4 is 10.6 Å². The molecule has 0 bridgehead atoms. The highest BCUT2D eigenvalue weighted by Crippen LogP contribution is 2.22. The third-order valence-corrected chi connectivity index (χ3v) is 5.92. The van der Waals surface area contributed by atoms with E-state index in [0.717, 1.165) is 4.31 Å². The van der Waals surface area contributed by atoms with Crippen LogP contribution >= 0.6 is 0 Å². The van der Waals surface area contributed by atoms with Crippen molar-refractivity contribution in [3.8, 4) is 0 Å². The number of hydrogen-bond donors (Lipinski definition) is 2. The van der Waals surface area contributed by atoms with Gasteiger partial charge in [-0.2, -0.15) is 0 Å². The second-order valence-corrected chi connectivity index (χ2v) is 8.36. The van der Waals surface area contributed by atoms with E-state index in [-0.39, 0.29) is 17.3 Å². The molecule has 0 unspecified atom stereocenters. The summed E-state index contributed by atoms with van der Waals surface area (Å²) in [5.41, 5.74) is 1.90. The number of benzene rings is 2. The molecular formula is C19H23N3O5S. The zero-order chi connectivity index (χ0) is 20.9. The largest absolute Gasteiger partial charge is 0.465 e. The van der Waals surface area contributed by atoms with Gasteiger partial charge in [0.2, 0.25) is 15.9 Å². The van der Waals surface area contributed by atoms with Gasteiger partial charge in [0.05, 0.1) is 24.1 Å². The average molecular weight is 405 g/mol. The van der Waals surface area contributed by atoms with Crippen LogP contribution in [0.1, 0.15) is 15.9 Å². The summed E-state index contributed by atoms with van der Waals surface area (Å²) in [5, 5.41) is 5.58. The number of ether oxygens (including phenoxy) is 1. The summed E-state index contributed by atoms with van der Waals surface area (Å²) in [6.45, 7) is 1.63. The molecule has 150 valence electrons. The number of methoxy groups -OCH3 is 1. The van der Waals surface area contributed by atoms with Gasteiger partial charge in [-0.15, -0.1) is 0 Å². The van der Waals surface area contributed by atoms with E-state index in [1.54, 1.807) is 37.3 Å². The Morgan fingerprint density at radius 3 is 2.43 bits per heavy atom. The summed E-state index contributed by atoms with van der Waals surface area (Å²) in [6, 6.07) is 11.3. The summed E-state index contributed by atoms with van der Waals surface area (Å²) in [5.74, 6) is -0.844. The number of sulfonamides is 1. The highest BCUT2D eigenvalue weighted by molar-refractivity contribution is 7.89. The Morgan fingerprint density at radius 1 is 1.07 bits per heavy atom. The van der Waals surface area contributed by atoms with Crippen molar-refractivity contribution in [3.05, 3.63) is 53.6 Å². The molecule has 1 amide bonds. The molecule has 0 saturated heterocycles. The maximum Gasteiger partial charge on any atom is 0.337 e. The molecule has 0 radical (unpaired) electrons. The standard InChI is InChI=1S/C19H23N3O5S/c1-13-8-9-15(11-17(13)28(25,26)22(2)3)20-12-18(23)21-16-7-5-6-14(10-16)19(24)27-4/h5-11,20H,12H2,1-4H3,(H,21,23). The molecular weight excluding hydrogens is 382 g/mol. The molecule has 2 rings (SSSR count). The van der Waals surface area contributed by atoms with Crippen molar-refractivity contribution in [2.45, 2.75) is 11.8 Å². The lowest BCUT2D eigenvalue weighted by Crippen LogP contribution is -2.24. The third-order valence-electron chi connectivity index (χ3n) is 3.97. The first-order valence-electron chi connectivity index (χ1n) is 8.40. The van der Waals surface area contributed by atoms with Gasteiger partial charge in [0.15, 0.2) is 0 Å². The van der Waals surface area contributed by atoms with Crippen molar-refractivity contribution in [2.75, 3.05) is 38.4 Å². The van der Waals surface area contributed by atoms with Crippen molar-refractivity contribution in [1.29, 1.82) is 0 Å². The van der Waals surface area contributed by atoms with Gasteiger partial charge < -0.3 is 15.4 Å². The topological polar surface area (TPSA) is 105 Å². The van der Waals surface area contributed by atoms with Gasteiger partial charge in [0.25, 0.3) is 0 Å². The maximum atomic E-state index is 12.4. The quantitative estimate of drug-likeness (QED) is 0.684. The molecule has 28 heavy (non-hydrogen) atoms. The number of anilines is 2. The van der Waals surface area contributed by atoms with Crippen molar-refractivity contribution in [3.63, 3.8) is 0 Å². The van der Waals surface area contributed by atoms with Crippen molar-refractivity contribution in [2.24, 2.45) is 0 Å². The van der Waals surface area contributed by atoms with Gasteiger partial charge in [-0.25, -0.2) is 17.5 Å².